The van der Waals surface area contributed by atoms with Gasteiger partial charge in [0.25, 0.3) is 5.91 Å². The average Bonchev–Trinajstić information content (AvgIpc) is 2.49. The van der Waals surface area contributed by atoms with Gasteiger partial charge in [0.15, 0.2) is 11.5 Å². The van der Waals surface area contributed by atoms with Crippen molar-refractivity contribution in [1.82, 2.24) is 5.32 Å². The smallest absolute Gasteiger partial charge is 0.264 e. The molecule has 108 valence electrons. The number of hydrogen-bond acceptors (Lipinski definition) is 4. The number of para-hydroxylation sites is 2. The fourth-order valence-corrected chi connectivity index (χ4v) is 2.76. The third-order valence-corrected chi connectivity index (χ3v) is 3.95. The highest BCUT2D eigenvalue weighted by molar-refractivity contribution is 5.82. The summed E-state index contributed by atoms with van der Waals surface area (Å²) in [5, 5.41) is 3.00. The summed E-state index contributed by atoms with van der Waals surface area (Å²) in [6.45, 7) is 0.241. The van der Waals surface area contributed by atoms with E-state index in [1.807, 2.05) is 18.2 Å². The van der Waals surface area contributed by atoms with E-state index in [-0.39, 0.29) is 24.6 Å². The van der Waals surface area contributed by atoms with Crippen molar-refractivity contribution < 1.29 is 14.3 Å². The molecule has 1 amide bonds. The van der Waals surface area contributed by atoms with Gasteiger partial charge in [0.2, 0.25) is 6.10 Å². The molecule has 3 rings (SSSR count). The fraction of sp³-hybridized carbons (Fsp3) is 0.533. The molecule has 3 N–H and O–H groups in total. The Bertz CT molecular complexity index is 492. The number of rotatable bonds is 2. The van der Waals surface area contributed by atoms with Crippen molar-refractivity contribution >= 4 is 5.91 Å². The Morgan fingerprint density at radius 1 is 1.20 bits per heavy atom. The number of amides is 1. The summed E-state index contributed by atoms with van der Waals surface area (Å²) < 4.78 is 11.2. The molecule has 20 heavy (non-hydrogen) atoms. The maximum Gasteiger partial charge on any atom is 0.264 e. The van der Waals surface area contributed by atoms with Crippen LogP contribution in [0.5, 0.6) is 11.5 Å². The molecule has 0 saturated heterocycles. The zero-order valence-electron chi connectivity index (χ0n) is 11.4. The number of fused-ring (bicyclic) bond motifs is 1. The highest BCUT2D eigenvalue weighted by Gasteiger charge is 2.31. The molecule has 1 aliphatic heterocycles. The van der Waals surface area contributed by atoms with E-state index >= 15 is 0 Å². The van der Waals surface area contributed by atoms with Gasteiger partial charge in [-0.3, -0.25) is 4.79 Å². The van der Waals surface area contributed by atoms with Crippen LogP contribution < -0.4 is 20.5 Å². The quantitative estimate of drug-likeness (QED) is 0.851. The van der Waals surface area contributed by atoms with Gasteiger partial charge >= 0.3 is 0 Å². The molecule has 5 nitrogen and oxygen atoms in total. The van der Waals surface area contributed by atoms with E-state index < -0.39 is 6.10 Å². The minimum Gasteiger partial charge on any atom is -0.485 e. The molecule has 0 radical (unpaired) electrons. The number of ether oxygens (including phenoxy) is 2. The van der Waals surface area contributed by atoms with E-state index in [0.29, 0.717) is 11.5 Å². The molecule has 1 heterocycles. The maximum atomic E-state index is 12.3. The number of hydrogen-bond donors (Lipinski definition) is 2. The summed E-state index contributed by atoms with van der Waals surface area (Å²) in [5.74, 6) is 1.17. The van der Waals surface area contributed by atoms with E-state index in [1.54, 1.807) is 6.07 Å². The van der Waals surface area contributed by atoms with Crippen LogP contribution in [0.3, 0.4) is 0 Å². The van der Waals surface area contributed by atoms with Crippen LogP contribution in [0, 0.1) is 0 Å². The van der Waals surface area contributed by atoms with Crippen LogP contribution in [-0.4, -0.2) is 30.7 Å². The van der Waals surface area contributed by atoms with Crippen LogP contribution in [0.1, 0.15) is 25.7 Å². The lowest BCUT2D eigenvalue weighted by atomic mass is 9.91. The first kappa shape index (κ1) is 13.2. The summed E-state index contributed by atoms with van der Waals surface area (Å²) in [6, 6.07) is 7.48. The lowest BCUT2D eigenvalue weighted by molar-refractivity contribution is -0.131. The molecule has 0 spiro atoms. The van der Waals surface area contributed by atoms with E-state index in [1.165, 1.54) is 0 Å². The number of nitrogens with two attached hydrogens (primary N) is 1. The van der Waals surface area contributed by atoms with E-state index in [0.717, 1.165) is 25.7 Å². The molecule has 3 unspecified atom stereocenters. The SMILES string of the molecule is NC1CCCCC1NC(=O)C1COc2ccccc2O1. The standard InChI is InChI=1S/C15H20N2O3/c16-10-5-1-2-6-11(10)17-15(18)14-9-19-12-7-3-4-8-13(12)20-14/h3-4,7-8,10-11,14H,1-2,5-6,9,16H2,(H,17,18). The minimum atomic E-state index is -0.598. The van der Waals surface area contributed by atoms with Crippen molar-refractivity contribution in [3.05, 3.63) is 24.3 Å². The van der Waals surface area contributed by atoms with Crippen LogP contribution >= 0.6 is 0 Å². The summed E-state index contributed by atoms with van der Waals surface area (Å²) >= 11 is 0. The first-order valence-corrected chi connectivity index (χ1v) is 7.18. The van der Waals surface area contributed by atoms with Crippen LogP contribution in [0.2, 0.25) is 0 Å². The number of carbonyl (C=O) groups excluding carboxylic acids is 1. The predicted molar refractivity (Wildman–Crippen MR) is 74.7 cm³/mol. The minimum absolute atomic E-state index is 0.0458. The second-order valence-corrected chi connectivity index (χ2v) is 5.43. The Morgan fingerprint density at radius 3 is 2.75 bits per heavy atom. The third kappa shape index (κ3) is 2.72. The summed E-state index contributed by atoms with van der Waals surface area (Å²) in [6.07, 6.45) is 3.57. The Hall–Kier alpha value is -1.75. The molecule has 1 saturated carbocycles. The zero-order valence-corrected chi connectivity index (χ0v) is 11.4. The molecular weight excluding hydrogens is 256 g/mol. The van der Waals surface area contributed by atoms with Gasteiger partial charge in [0, 0.05) is 12.1 Å². The molecule has 1 aliphatic carbocycles. The molecular formula is C15H20N2O3. The van der Waals surface area contributed by atoms with Gasteiger partial charge in [-0.15, -0.1) is 0 Å². The van der Waals surface area contributed by atoms with Gasteiger partial charge in [-0.1, -0.05) is 25.0 Å². The normalized spacial score (nSPS) is 28.8. The Kier molecular flexibility index (Phi) is 3.78. The van der Waals surface area contributed by atoms with Crippen molar-refractivity contribution in [2.45, 2.75) is 43.9 Å². The number of benzene rings is 1. The Morgan fingerprint density at radius 2 is 1.95 bits per heavy atom. The first-order valence-electron chi connectivity index (χ1n) is 7.18. The van der Waals surface area contributed by atoms with Crippen molar-refractivity contribution in [1.29, 1.82) is 0 Å². The van der Waals surface area contributed by atoms with E-state index in [9.17, 15) is 4.79 Å². The zero-order chi connectivity index (χ0) is 13.9. The summed E-state index contributed by atoms with van der Waals surface area (Å²) in [5.41, 5.74) is 6.05. The molecule has 1 fully saturated rings. The van der Waals surface area contributed by atoms with Crippen LogP contribution in [0.25, 0.3) is 0 Å². The second-order valence-electron chi connectivity index (χ2n) is 5.43. The largest absolute Gasteiger partial charge is 0.485 e. The van der Waals surface area contributed by atoms with Gasteiger partial charge < -0.3 is 20.5 Å². The Balaban J connectivity index is 1.61. The first-order chi connectivity index (χ1) is 9.74. The highest BCUT2D eigenvalue weighted by Crippen LogP contribution is 2.31. The molecule has 2 aliphatic rings. The molecule has 3 atom stereocenters. The van der Waals surface area contributed by atoms with Gasteiger partial charge in [0.05, 0.1) is 0 Å². The lowest BCUT2D eigenvalue weighted by Gasteiger charge is -2.32. The Labute approximate surface area is 118 Å². The van der Waals surface area contributed by atoms with E-state index in [4.69, 9.17) is 15.2 Å². The molecule has 5 heteroatoms. The van der Waals surface area contributed by atoms with Crippen molar-refractivity contribution in [3.63, 3.8) is 0 Å². The van der Waals surface area contributed by atoms with Gasteiger partial charge in [0.1, 0.15) is 6.61 Å². The van der Waals surface area contributed by atoms with Crippen LogP contribution in [0.4, 0.5) is 0 Å². The topological polar surface area (TPSA) is 73.6 Å². The van der Waals surface area contributed by atoms with Gasteiger partial charge in [-0.05, 0) is 25.0 Å². The number of nitrogens with one attached hydrogen (secondary N) is 1. The summed E-state index contributed by atoms with van der Waals surface area (Å²) in [7, 11) is 0. The molecule has 1 aromatic rings. The summed E-state index contributed by atoms with van der Waals surface area (Å²) in [4.78, 5) is 12.3. The van der Waals surface area contributed by atoms with Crippen molar-refractivity contribution in [2.75, 3.05) is 6.61 Å². The third-order valence-electron chi connectivity index (χ3n) is 3.95. The van der Waals surface area contributed by atoms with Crippen LogP contribution in [0.15, 0.2) is 24.3 Å². The molecule has 1 aromatic carbocycles. The molecule has 0 bridgehead atoms. The number of carbonyl (C=O) groups is 1. The van der Waals surface area contributed by atoms with Crippen molar-refractivity contribution in [3.8, 4) is 11.5 Å². The van der Waals surface area contributed by atoms with Gasteiger partial charge in [-0.25, -0.2) is 0 Å². The van der Waals surface area contributed by atoms with E-state index in [2.05, 4.69) is 5.32 Å². The average molecular weight is 276 g/mol. The maximum absolute atomic E-state index is 12.3. The fourth-order valence-electron chi connectivity index (χ4n) is 2.76. The molecule has 0 aromatic heterocycles. The van der Waals surface area contributed by atoms with Crippen molar-refractivity contribution in [2.24, 2.45) is 5.73 Å². The monoisotopic (exact) mass is 276 g/mol. The van der Waals surface area contributed by atoms with Crippen LogP contribution in [-0.2, 0) is 4.79 Å². The predicted octanol–water partition coefficient (Wildman–Crippen LogP) is 1.21. The lowest BCUT2D eigenvalue weighted by Crippen LogP contribution is -2.54. The highest BCUT2D eigenvalue weighted by atomic mass is 16.6. The van der Waals surface area contributed by atoms with Gasteiger partial charge in [-0.2, -0.15) is 0 Å². The second kappa shape index (κ2) is 5.71.